The zero-order valence-corrected chi connectivity index (χ0v) is 14.2. The van der Waals surface area contributed by atoms with E-state index in [0.29, 0.717) is 19.9 Å². The number of nitrogens with one attached hydrogen (secondary N) is 1. The third-order valence-electron chi connectivity index (χ3n) is 4.47. The van der Waals surface area contributed by atoms with Crippen LogP contribution in [-0.2, 0) is 14.3 Å². The van der Waals surface area contributed by atoms with Crippen LogP contribution in [0.3, 0.4) is 0 Å². The predicted octanol–water partition coefficient (Wildman–Crippen LogP) is -1.32. The second-order valence-corrected chi connectivity index (χ2v) is 6.31. The molecular formula is C15H29N5O4. The van der Waals surface area contributed by atoms with Crippen LogP contribution in [0.5, 0.6) is 0 Å². The summed E-state index contributed by atoms with van der Waals surface area (Å²) in [6.07, 6.45) is 1.91. The molecule has 2 rings (SSSR count). The first-order valence-corrected chi connectivity index (χ1v) is 8.60. The molecule has 0 aromatic heterocycles. The maximum Gasteiger partial charge on any atom is 0.317 e. The van der Waals surface area contributed by atoms with Gasteiger partial charge in [0, 0.05) is 45.8 Å². The van der Waals surface area contributed by atoms with Crippen LogP contribution >= 0.6 is 0 Å². The Balaban J connectivity index is 1.94. The first-order valence-electron chi connectivity index (χ1n) is 8.60. The fourth-order valence-electron chi connectivity index (χ4n) is 3.14. The van der Waals surface area contributed by atoms with Gasteiger partial charge in [-0.05, 0) is 19.4 Å². The summed E-state index contributed by atoms with van der Waals surface area (Å²) < 4.78 is 4.91. The van der Waals surface area contributed by atoms with E-state index in [-0.39, 0.29) is 6.54 Å². The molecule has 2 bridgehead atoms. The number of fused-ring (bicyclic) bond motifs is 3. The highest BCUT2D eigenvalue weighted by Crippen LogP contribution is 2.04. The molecule has 2 fully saturated rings. The molecule has 9 nitrogen and oxygen atoms in total. The summed E-state index contributed by atoms with van der Waals surface area (Å²) in [5.41, 5.74) is 3.37. The Labute approximate surface area is 143 Å². The zero-order valence-electron chi connectivity index (χ0n) is 14.2. The smallest absolute Gasteiger partial charge is 0.317 e. The Morgan fingerprint density at radius 3 is 2.54 bits per heavy atom. The Hall–Kier alpha value is -1.26. The Bertz CT molecular complexity index is 398. The van der Waals surface area contributed by atoms with Crippen molar-refractivity contribution in [1.29, 1.82) is 0 Å². The molecule has 2 saturated heterocycles. The minimum Gasteiger partial charge on any atom is -0.480 e. The molecule has 0 aliphatic carbocycles. The van der Waals surface area contributed by atoms with Gasteiger partial charge in [0.15, 0.2) is 0 Å². The summed E-state index contributed by atoms with van der Waals surface area (Å²) in [6.45, 7) is 8.65. The van der Waals surface area contributed by atoms with Gasteiger partial charge in [0.05, 0.1) is 13.2 Å². The van der Waals surface area contributed by atoms with Crippen molar-refractivity contribution in [3.05, 3.63) is 0 Å². The summed E-state index contributed by atoms with van der Waals surface area (Å²) >= 11 is 0. The molecule has 0 saturated carbocycles. The van der Waals surface area contributed by atoms with Gasteiger partial charge in [0.2, 0.25) is 0 Å². The first-order chi connectivity index (χ1) is 11.7. The highest BCUT2D eigenvalue weighted by Gasteiger charge is 2.18. The first kappa shape index (κ1) is 19.1. The lowest BCUT2D eigenvalue weighted by atomic mass is 10.3. The van der Waals surface area contributed by atoms with Gasteiger partial charge in [-0.2, -0.15) is 0 Å². The number of hydrazine groups is 1. The summed E-state index contributed by atoms with van der Waals surface area (Å²) in [5.74, 6) is -0.788. The largest absolute Gasteiger partial charge is 0.480 e. The lowest BCUT2D eigenvalue weighted by Gasteiger charge is -2.35. The second-order valence-electron chi connectivity index (χ2n) is 6.31. The van der Waals surface area contributed by atoms with E-state index in [1.54, 1.807) is 0 Å². The van der Waals surface area contributed by atoms with Gasteiger partial charge in [0.1, 0.15) is 6.73 Å². The quantitative estimate of drug-likeness (QED) is 0.590. The monoisotopic (exact) mass is 343 g/mol. The molecule has 0 radical (unpaired) electrons. The van der Waals surface area contributed by atoms with Crippen molar-refractivity contribution in [2.45, 2.75) is 12.8 Å². The number of aliphatic carboxylic acids is 1. The molecule has 24 heavy (non-hydrogen) atoms. The summed E-state index contributed by atoms with van der Waals surface area (Å²) in [7, 11) is 0. The summed E-state index contributed by atoms with van der Waals surface area (Å²) in [5, 5.41) is 11.2. The molecule has 0 aromatic rings. The standard InChI is InChI=1S/C15H29N5O4/c21-14-24-13-18-4-2-6-20-10-9-17(7-8-18)3-1-5-19(12-16-20)11-15(22)23/h14,16H,1-13H2,(H,22,23). The van der Waals surface area contributed by atoms with Gasteiger partial charge in [-0.3, -0.25) is 19.4 Å². The maximum atomic E-state index is 11.0. The minimum atomic E-state index is -0.788. The molecule has 138 valence electrons. The molecule has 2 aliphatic heterocycles. The molecular weight excluding hydrogens is 314 g/mol. The molecule has 2 N–H and O–H groups in total. The van der Waals surface area contributed by atoms with Gasteiger partial charge in [-0.15, -0.1) is 0 Å². The van der Waals surface area contributed by atoms with E-state index in [0.717, 1.165) is 65.2 Å². The van der Waals surface area contributed by atoms with Gasteiger partial charge >= 0.3 is 5.97 Å². The fraction of sp³-hybridized carbons (Fsp3) is 0.867. The Morgan fingerprint density at radius 1 is 1.00 bits per heavy atom. The van der Waals surface area contributed by atoms with Crippen molar-refractivity contribution in [3.63, 3.8) is 0 Å². The molecule has 2 aliphatic rings. The third-order valence-corrected chi connectivity index (χ3v) is 4.47. The molecule has 0 aromatic carbocycles. The van der Waals surface area contributed by atoms with Crippen LogP contribution < -0.4 is 5.43 Å². The maximum absolute atomic E-state index is 11.0. The minimum absolute atomic E-state index is 0.0671. The molecule has 0 spiro atoms. The number of hydrogen-bond acceptors (Lipinski definition) is 8. The van der Waals surface area contributed by atoms with E-state index >= 15 is 0 Å². The van der Waals surface area contributed by atoms with Crippen LogP contribution in [0.4, 0.5) is 0 Å². The lowest BCUT2D eigenvalue weighted by molar-refractivity contribution is -0.138. The second kappa shape index (κ2) is 10.6. The van der Waals surface area contributed by atoms with Crippen LogP contribution in [0.2, 0.25) is 0 Å². The van der Waals surface area contributed by atoms with E-state index in [9.17, 15) is 9.59 Å². The van der Waals surface area contributed by atoms with Gasteiger partial charge in [0.25, 0.3) is 6.47 Å². The Kier molecular flexibility index (Phi) is 8.40. The Morgan fingerprint density at radius 2 is 1.75 bits per heavy atom. The number of hydrogen-bond donors (Lipinski definition) is 2. The number of carboxylic acid groups (broad SMARTS) is 1. The number of carbonyl (C=O) groups excluding carboxylic acids is 1. The van der Waals surface area contributed by atoms with Crippen molar-refractivity contribution in [1.82, 2.24) is 25.1 Å². The van der Waals surface area contributed by atoms with E-state index in [4.69, 9.17) is 9.84 Å². The van der Waals surface area contributed by atoms with Crippen molar-refractivity contribution in [3.8, 4) is 0 Å². The highest BCUT2D eigenvalue weighted by atomic mass is 16.5. The average molecular weight is 343 g/mol. The molecule has 2 atom stereocenters. The number of carbonyl (C=O) groups is 2. The fourth-order valence-corrected chi connectivity index (χ4v) is 3.14. The highest BCUT2D eigenvalue weighted by molar-refractivity contribution is 5.69. The van der Waals surface area contributed by atoms with E-state index in [1.807, 2.05) is 4.90 Å². The van der Waals surface area contributed by atoms with Gasteiger partial charge in [-0.25, -0.2) is 10.4 Å². The van der Waals surface area contributed by atoms with E-state index in [1.165, 1.54) is 0 Å². The molecule has 0 amide bonds. The topological polar surface area (TPSA) is 88.6 Å². The van der Waals surface area contributed by atoms with Crippen LogP contribution in [0.15, 0.2) is 0 Å². The van der Waals surface area contributed by atoms with E-state index in [2.05, 4.69) is 20.2 Å². The van der Waals surface area contributed by atoms with E-state index < -0.39 is 5.97 Å². The number of carboxylic acids is 1. The normalized spacial score (nSPS) is 28.2. The van der Waals surface area contributed by atoms with Crippen LogP contribution in [0.1, 0.15) is 12.8 Å². The molecule has 2 heterocycles. The SMILES string of the molecule is O=COCN1CCCN2CCN(CCCN(CC(=O)O)CN2)CC1. The predicted molar refractivity (Wildman–Crippen MR) is 88.0 cm³/mol. The number of nitrogens with zero attached hydrogens (tertiary/aromatic N) is 4. The van der Waals surface area contributed by atoms with Crippen molar-refractivity contribution < 1.29 is 19.4 Å². The van der Waals surface area contributed by atoms with Crippen molar-refractivity contribution in [2.75, 3.05) is 72.3 Å². The number of ether oxygens (including phenoxy) is 1. The van der Waals surface area contributed by atoms with Gasteiger partial charge in [-0.1, -0.05) is 0 Å². The third kappa shape index (κ3) is 7.10. The van der Waals surface area contributed by atoms with Gasteiger partial charge < -0.3 is 14.7 Å². The molecule has 2 unspecified atom stereocenters. The lowest BCUT2D eigenvalue weighted by Crippen LogP contribution is -2.52. The van der Waals surface area contributed by atoms with Crippen LogP contribution in [0, 0.1) is 0 Å². The number of rotatable bonds is 5. The zero-order chi connectivity index (χ0) is 17.2. The van der Waals surface area contributed by atoms with Crippen LogP contribution in [-0.4, -0.2) is 110 Å². The summed E-state index contributed by atoms with van der Waals surface area (Å²) in [4.78, 5) is 27.9. The van der Waals surface area contributed by atoms with Crippen molar-refractivity contribution in [2.24, 2.45) is 0 Å². The van der Waals surface area contributed by atoms with Crippen molar-refractivity contribution >= 4 is 12.4 Å². The average Bonchev–Trinajstić information content (AvgIpc) is 2.56. The summed E-state index contributed by atoms with van der Waals surface area (Å²) in [6, 6.07) is 0. The molecule has 9 heteroatoms. The van der Waals surface area contributed by atoms with Crippen LogP contribution in [0.25, 0.3) is 0 Å².